The molecule has 0 saturated carbocycles. The van der Waals surface area contributed by atoms with E-state index in [2.05, 4.69) is 19.2 Å². The summed E-state index contributed by atoms with van der Waals surface area (Å²) in [6.07, 6.45) is 1.36. The molecule has 2 heterocycles. The van der Waals surface area contributed by atoms with Gasteiger partial charge in [0.25, 0.3) is 5.91 Å². The Morgan fingerprint density at radius 2 is 1.71 bits per heavy atom. The largest absolute Gasteiger partial charge is 0.324 e. The van der Waals surface area contributed by atoms with E-state index in [9.17, 15) is 14.0 Å². The first kappa shape index (κ1) is 21.7. The molecule has 2 fully saturated rings. The lowest BCUT2D eigenvalue weighted by molar-refractivity contribution is 0.0581. The molecule has 7 heteroatoms. The average Bonchev–Trinajstić information content (AvgIpc) is 3.17. The summed E-state index contributed by atoms with van der Waals surface area (Å²) < 4.78 is 14.2. The lowest BCUT2D eigenvalue weighted by atomic mass is 10.0. The van der Waals surface area contributed by atoms with Crippen LogP contribution in [0.1, 0.15) is 48.5 Å². The van der Waals surface area contributed by atoms with Crippen LogP contribution in [0.25, 0.3) is 0 Å². The van der Waals surface area contributed by atoms with Crippen molar-refractivity contribution in [1.82, 2.24) is 9.80 Å². The van der Waals surface area contributed by atoms with Crippen LogP contribution in [0.15, 0.2) is 48.5 Å². The second-order valence-electron chi connectivity index (χ2n) is 8.43. The van der Waals surface area contributed by atoms with Crippen LogP contribution in [0.5, 0.6) is 0 Å². The Balaban J connectivity index is 1.39. The fraction of sp³-hybridized carbons (Fsp3) is 0.417. The van der Waals surface area contributed by atoms with Crippen LogP contribution in [0.2, 0.25) is 0 Å². The molecular weight excluding hydrogens is 413 g/mol. The van der Waals surface area contributed by atoms with Gasteiger partial charge in [0.15, 0.2) is 0 Å². The molecular formula is C24H28FN3O2S. The fourth-order valence-electron chi connectivity index (χ4n) is 4.30. The summed E-state index contributed by atoms with van der Waals surface area (Å²) in [5.74, 6) is 0.530. The summed E-state index contributed by atoms with van der Waals surface area (Å²) in [4.78, 5) is 29.0. The van der Waals surface area contributed by atoms with E-state index in [1.807, 2.05) is 29.2 Å². The Labute approximate surface area is 187 Å². The molecule has 5 nitrogen and oxygen atoms in total. The molecule has 31 heavy (non-hydrogen) atoms. The van der Waals surface area contributed by atoms with Gasteiger partial charge in [-0.15, -0.1) is 11.8 Å². The number of amides is 3. The number of hydrogen-bond donors (Lipinski definition) is 1. The number of hydrogen-bond acceptors (Lipinski definition) is 3. The summed E-state index contributed by atoms with van der Waals surface area (Å²) >= 11 is 1.75. The third-order valence-electron chi connectivity index (χ3n) is 6.19. The number of carbonyl (C=O) groups is 2. The molecule has 0 unspecified atom stereocenters. The van der Waals surface area contributed by atoms with Gasteiger partial charge in [-0.3, -0.25) is 4.79 Å². The van der Waals surface area contributed by atoms with Gasteiger partial charge in [0.05, 0.1) is 10.4 Å². The van der Waals surface area contributed by atoms with Gasteiger partial charge >= 0.3 is 6.03 Å². The number of nitrogens with one attached hydrogen (secondary N) is 1. The van der Waals surface area contributed by atoms with Crippen molar-refractivity contribution in [2.45, 2.75) is 37.5 Å². The van der Waals surface area contributed by atoms with Crippen molar-refractivity contribution >= 4 is 29.4 Å². The molecule has 2 aliphatic rings. The predicted octanol–water partition coefficient (Wildman–Crippen LogP) is 5.16. The van der Waals surface area contributed by atoms with Crippen molar-refractivity contribution in [2.75, 3.05) is 30.7 Å². The van der Waals surface area contributed by atoms with E-state index in [1.165, 1.54) is 11.6 Å². The van der Waals surface area contributed by atoms with Crippen molar-refractivity contribution in [1.29, 1.82) is 0 Å². The number of nitrogens with zero attached hydrogens (tertiary/aromatic N) is 2. The Kier molecular flexibility index (Phi) is 6.23. The van der Waals surface area contributed by atoms with Gasteiger partial charge in [0.2, 0.25) is 0 Å². The van der Waals surface area contributed by atoms with Crippen LogP contribution in [-0.2, 0) is 0 Å². The Hall–Kier alpha value is -2.54. The van der Waals surface area contributed by atoms with Crippen LogP contribution in [0, 0.1) is 5.82 Å². The third-order valence-corrected chi connectivity index (χ3v) is 7.74. The van der Waals surface area contributed by atoms with Crippen molar-refractivity contribution in [3.8, 4) is 0 Å². The van der Waals surface area contributed by atoms with E-state index in [4.69, 9.17) is 0 Å². The molecule has 2 aliphatic heterocycles. The summed E-state index contributed by atoms with van der Waals surface area (Å²) in [5.41, 5.74) is 2.13. The standard InChI is InChI=1S/C24H28FN3O2S/c1-17(2)18-7-9-19(10-8-18)26-23(30)27-13-11-24(12-14-27)28(15-16-31-24)22(29)20-5-3-4-6-21(20)25/h3-10,17H,11-16H2,1-2H3,(H,26,30). The minimum Gasteiger partial charge on any atom is -0.324 e. The topological polar surface area (TPSA) is 52.7 Å². The first-order valence-corrected chi connectivity index (χ1v) is 11.7. The number of rotatable bonds is 3. The van der Waals surface area contributed by atoms with Crippen LogP contribution < -0.4 is 5.32 Å². The SMILES string of the molecule is CC(C)c1ccc(NC(=O)N2CCC3(CC2)SCCN3C(=O)c2ccccc2F)cc1. The highest BCUT2D eigenvalue weighted by Gasteiger charge is 2.47. The van der Waals surface area contributed by atoms with Gasteiger partial charge < -0.3 is 15.1 Å². The summed E-state index contributed by atoms with van der Waals surface area (Å²) in [5, 5.41) is 2.97. The zero-order valence-corrected chi connectivity index (χ0v) is 18.8. The molecule has 3 amide bonds. The normalized spacial score (nSPS) is 17.9. The lowest BCUT2D eigenvalue weighted by Crippen LogP contribution is -2.54. The summed E-state index contributed by atoms with van der Waals surface area (Å²) in [6.45, 7) is 6.00. The minimum absolute atomic E-state index is 0.120. The third kappa shape index (κ3) is 4.42. The highest BCUT2D eigenvalue weighted by Crippen LogP contribution is 2.44. The molecule has 2 saturated heterocycles. The number of thioether (sulfide) groups is 1. The summed E-state index contributed by atoms with van der Waals surface area (Å²) in [6, 6.07) is 14.0. The fourth-order valence-corrected chi connectivity index (χ4v) is 5.76. The van der Waals surface area contributed by atoms with Gasteiger partial charge in [-0.05, 0) is 48.6 Å². The van der Waals surface area contributed by atoms with Gasteiger partial charge in [-0.2, -0.15) is 0 Å². The van der Waals surface area contributed by atoms with Crippen molar-refractivity contribution in [2.24, 2.45) is 0 Å². The van der Waals surface area contributed by atoms with Crippen molar-refractivity contribution in [3.05, 3.63) is 65.5 Å². The maximum Gasteiger partial charge on any atom is 0.321 e. The smallest absolute Gasteiger partial charge is 0.321 e. The Morgan fingerprint density at radius 1 is 1.03 bits per heavy atom. The molecule has 0 aromatic heterocycles. The zero-order chi connectivity index (χ0) is 22.0. The first-order chi connectivity index (χ1) is 14.9. The van der Waals surface area contributed by atoms with Gasteiger partial charge in [-0.25, -0.2) is 9.18 Å². The van der Waals surface area contributed by atoms with Crippen LogP contribution in [0.3, 0.4) is 0 Å². The molecule has 164 valence electrons. The van der Waals surface area contributed by atoms with E-state index in [0.717, 1.165) is 11.4 Å². The lowest BCUT2D eigenvalue weighted by Gasteiger charge is -2.44. The highest BCUT2D eigenvalue weighted by atomic mass is 32.2. The molecule has 0 bridgehead atoms. The first-order valence-electron chi connectivity index (χ1n) is 10.8. The van der Waals surface area contributed by atoms with Crippen LogP contribution >= 0.6 is 11.8 Å². The van der Waals surface area contributed by atoms with Gasteiger partial charge in [0, 0.05) is 31.1 Å². The molecule has 0 radical (unpaired) electrons. The van der Waals surface area contributed by atoms with Crippen LogP contribution in [-0.4, -0.2) is 52.0 Å². The molecule has 4 rings (SSSR count). The molecule has 0 atom stereocenters. The Bertz CT molecular complexity index is 956. The van der Waals surface area contributed by atoms with Gasteiger partial charge in [-0.1, -0.05) is 38.1 Å². The number of halogens is 1. The van der Waals surface area contributed by atoms with E-state index in [-0.39, 0.29) is 22.4 Å². The number of carbonyl (C=O) groups excluding carboxylic acids is 2. The van der Waals surface area contributed by atoms with E-state index in [1.54, 1.807) is 34.9 Å². The second kappa shape index (κ2) is 8.91. The molecule has 0 aliphatic carbocycles. The van der Waals surface area contributed by atoms with Gasteiger partial charge in [0.1, 0.15) is 5.82 Å². The minimum atomic E-state index is -0.486. The highest BCUT2D eigenvalue weighted by molar-refractivity contribution is 8.00. The number of benzene rings is 2. The van der Waals surface area contributed by atoms with E-state index < -0.39 is 5.82 Å². The van der Waals surface area contributed by atoms with E-state index in [0.29, 0.717) is 38.4 Å². The number of anilines is 1. The predicted molar refractivity (Wildman–Crippen MR) is 123 cm³/mol. The molecule has 1 N–H and O–H groups in total. The maximum absolute atomic E-state index is 14.2. The monoisotopic (exact) mass is 441 g/mol. The molecule has 1 spiro atoms. The number of likely N-dealkylation sites (tertiary alicyclic amines) is 1. The summed E-state index contributed by atoms with van der Waals surface area (Å²) in [7, 11) is 0. The molecule has 2 aromatic rings. The number of piperidine rings is 1. The van der Waals surface area contributed by atoms with Crippen LogP contribution in [0.4, 0.5) is 14.9 Å². The van der Waals surface area contributed by atoms with Crippen molar-refractivity contribution in [3.63, 3.8) is 0 Å². The maximum atomic E-state index is 14.2. The quantitative estimate of drug-likeness (QED) is 0.716. The average molecular weight is 442 g/mol. The van der Waals surface area contributed by atoms with Crippen molar-refractivity contribution < 1.29 is 14.0 Å². The molecule has 2 aromatic carbocycles. The Morgan fingerprint density at radius 3 is 2.35 bits per heavy atom. The second-order valence-corrected chi connectivity index (χ2v) is 9.88. The zero-order valence-electron chi connectivity index (χ0n) is 17.9. The van der Waals surface area contributed by atoms with E-state index >= 15 is 0 Å². The number of urea groups is 1.